The van der Waals surface area contributed by atoms with E-state index in [1.807, 2.05) is 12.1 Å². The summed E-state index contributed by atoms with van der Waals surface area (Å²) in [4.78, 5) is 0. The first-order chi connectivity index (χ1) is 10.7. The molecule has 1 heterocycles. The summed E-state index contributed by atoms with van der Waals surface area (Å²) in [5.74, 6) is 1.68. The zero-order valence-electron chi connectivity index (χ0n) is 13.4. The van der Waals surface area contributed by atoms with Crippen molar-refractivity contribution in [2.75, 3.05) is 11.5 Å². The normalized spacial score (nSPS) is 17.0. The molecule has 2 aromatic carbocycles. The molecule has 3 nitrogen and oxygen atoms in total. The number of fused-ring (bicyclic) bond motifs is 3. The molecule has 24 heavy (non-hydrogen) atoms. The van der Waals surface area contributed by atoms with Gasteiger partial charge in [-0.2, -0.15) is 0 Å². The first kappa shape index (κ1) is 17.2. The van der Waals surface area contributed by atoms with E-state index in [4.69, 9.17) is 11.5 Å². The van der Waals surface area contributed by atoms with Crippen molar-refractivity contribution in [1.82, 2.24) is 4.57 Å². The Hall–Kier alpha value is -1.58. The molecule has 0 aliphatic heterocycles. The maximum Gasteiger partial charge on any atom is 0.0514 e. The second kappa shape index (κ2) is 6.05. The monoisotopic (exact) mass is 363 g/mol. The van der Waals surface area contributed by atoms with Crippen LogP contribution in [0.4, 0.5) is 11.4 Å². The van der Waals surface area contributed by atoms with E-state index >= 15 is 0 Å². The third-order valence-corrected chi connectivity index (χ3v) is 5.36. The Morgan fingerprint density at radius 1 is 0.750 bits per heavy atom. The quantitative estimate of drug-likeness (QED) is 0.631. The lowest BCUT2D eigenvalue weighted by Crippen LogP contribution is -2.13. The molecule has 2 fully saturated rings. The highest BCUT2D eigenvalue weighted by Crippen LogP contribution is 2.54. The van der Waals surface area contributed by atoms with Gasteiger partial charge in [0.05, 0.1) is 11.0 Å². The average molecular weight is 364 g/mol. The number of nitrogen functional groups attached to an aromatic ring is 2. The van der Waals surface area contributed by atoms with Crippen molar-refractivity contribution in [2.24, 2.45) is 11.8 Å². The molecule has 0 unspecified atom stereocenters. The summed E-state index contributed by atoms with van der Waals surface area (Å²) < 4.78 is 2.56. The lowest BCUT2D eigenvalue weighted by Gasteiger charge is -2.21. The Balaban J connectivity index is 0.000000845. The van der Waals surface area contributed by atoms with Gasteiger partial charge in [0.2, 0.25) is 0 Å². The Morgan fingerprint density at radius 3 is 1.54 bits per heavy atom. The molecule has 5 rings (SSSR count). The van der Waals surface area contributed by atoms with Crippen LogP contribution in [0.1, 0.15) is 31.7 Å². The summed E-state index contributed by atoms with van der Waals surface area (Å²) in [5, 5.41) is 2.60. The zero-order chi connectivity index (χ0) is 14.8. The maximum absolute atomic E-state index is 6.09. The highest BCUT2D eigenvalue weighted by atomic mass is 35.5. The molecular formula is C19H23Cl2N3. The summed E-state index contributed by atoms with van der Waals surface area (Å²) in [6, 6.07) is 13.3. The molecule has 1 aromatic heterocycles. The molecule has 5 heteroatoms. The molecular weight excluding hydrogens is 341 g/mol. The van der Waals surface area contributed by atoms with Gasteiger partial charge < -0.3 is 16.0 Å². The highest BCUT2D eigenvalue weighted by molar-refractivity contribution is 6.09. The molecule has 0 radical (unpaired) electrons. The van der Waals surface area contributed by atoms with Crippen molar-refractivity contribution in [3.05, 3.63) is 36.4 Å². The van der Waals surface area contributed by atoms with E-state index in [0.29, 0.717) is 6.04 Å². The van der Waals surface area contributed by atoms with Crippen molar-refractivity contribution in [1.29, 1.82) is 0 Å². The molecule has 3 aromatic rings. The number of aromatic nitrogens is 1. The Morgan fingerprint density at radius 2 is 1.17 bits per heavy atom. The zero-order valence-corrected chi connectivity index (χ0v) is 15.1. The van der Waals surface area contributed by atoms with E-state index in [-0.39, 0.29) is 24.8 Å². The van der Waals surface area contributed by atoms with Gasteiger partial charge in [0.15, 0.2) is 0 Å². The molecule has 2 aliphatic carbocycles. The fourth-order valence-electron chi connectivity index (χ4n) is 4.08. The van der Waals surface area contributed by atoms with Crippen LogP contribution >= 0.6 is 24.8 Å². The van der Waals surface area contributed by atoms with Crippen LogP contribution in [0.15, 0.2) is 36.4 Å². The van der Waals surface area contributed by atoms with E-state index in [2.05, 4.69) is 28.8 Å². The fourth-order valence-corrected chi connectivity index (χ4v) is 4.08. The van der Waals surface area contributed by atoms with Crippen LogP contribution < -0.4 is 11.5 Å². The topological polar surface area (TPSA) is 57.0 Å². The van der Waals surface area contributed by atoms with Gasteiger partial charge in [0, 0.05) is 28.2 Å². The minimum absolute atomic E-state index is 0. The standard InChI is InChI=1S/C19H21N3.2ClH/c20-13-5-7-15-16-8-6-14(21)10-18(16)22(17(15)9-13)19(11-1-2-11)12-3-4-12;;/h5-12,19H,1-4,20-21H2;2*1H. The molecule has 0 amide bonds. The van der Waals surface area contributed by atoms with Gasteiger partial charge in [-0.05, 0) is 61.8 Å². The first-order valence-corrected chi connectivity index (χ1v) is 8.31. The van der Waals surface area contributed by atoms with Crippen LogP contribution in [0.3, 0.4) is 0 Å². The first-order valence-electron chi connectivity index (χ1n) is 8.31. The van der Waals surface area contributed by atoms with E-state index in [1.54, 1.807) is 0 Å². The van der Waals surface area contributed by atoms with Crippen LogP contribution in [0.5, 0.6) is 0 Å². The van der Waals surface area contributed by atoms with Crippen molar-refractivity contribution >= 4 is 58.0 Å². The average Bonchev–Trinajstić information content (AvgIpc) is 3.39. The van der Waals surface area contributed by atoms with E-state index in [1.165, 1.54) is 47.5 Å². The number of hydrogen-bond donors (Lipinski definition) is 2. The third-order valence-electron chi connectivity index (χ3n) is 5.36. The molecule has 0 saturated heterocycles. The number of rotatable bonds is 3. The molecule has 0 spiro atoms. The Bertz CT molecular complexity index is 823. The number of nitrogens with two attached hydrogens (primary N) is 2. The third kappa shape index (κ3) is 2.60. The van der Waals surface area contributed by atoms with E-state index in [0.717, 1.165) is 23.2 Å². The van der Waals surface area contributed by atoms with Gasteiger partial charge in [0.1, 0.15) is 0 Å². The molecule has 0 bridgehead atoms. The Labute approximate surface area is 154 Å². The van der Waals surface area contributed by atoms with Crippen LogP contribution in [0.25, 0.3) is 21.8 Å². The molecule has 128 valence electrons. The van der Waals surface area contributed by atoms with Crippen molar-refractivity contribution in [3.8, 4) is 0 Å². The maximum atomic E-state index is 6.09. The lowest BCUT2D eigenvalue weighted by molar-refractivity contribution is 0.415. The largest absolute Gasteiger partial charge is 0.399 e. The second-order valence-corrected chi connectivity index (χ2v) is 7.09. The van der Waals surface area contributed by atoms with Crippen LogP contribution in [-0.4, -0.2) is 4.57 Å². The number of halogens is 2. The minimum Gasteiger partial charge on any atom is -0.399 e. The predicted octanol–water partition coefficient (Wildman–Crippen LogP) is 5.16. The summed E-state index contributed by atoms with van der Waals surface area (Å²) in [7, 11) is 0. The van der Waals surface area contributed by atoms with Crippen molar-refractivity contribution in [3.63, 3.8) is 0 Å². The van der Waals surface area contributed by atoms with E-state index in [9.17, 15) is 0 Å². The van der Waals surface area contributed by atoms with Crippen LogP contribution in [-0.2, 0) is 0 Å². The summed E-state index contributed by atoms with van der Waals surface area (Å²) >= 11 is 0. The van der Waals surface area contributed by atoms with Gasteiger partial charge in [0.25, 0.3) is 0 Å². The summed E-state index contributed by atoms with van der Waals surface area (Å²) in [6.45, 7) is 0. The van der Waals surface area contributed by atoms with Crippen LogP contribution in [0, 0.1) is 11.8 Å². The van der Waals surface area contributed by atoms with Crippen molar-refractivity contribution in [2.45, 2.75) is 31.7 Å². The highest BCUT2D eigenvalue weighted by Gasteiger charge is 2.43. The minimum atomic E-state index is 0. The summed E-state index contributed by atoms with van der Waals surface area (Å²) in [5.41, 5.74) is 16.4. The van der Waals surface area contributed by atoms with Gasteiger partial charge in [-0.1, -0.05) is 12.1 Å². The van der Waals surface area contributed by atoms with Crippen molar-refractivity contribution < 1.29 is 0 Å². The van der Waals surface area contributed by atoms with Gasteiger partial charge >= 0.3 is 0 Å². The van der Waals surface area contributed by atoms with Gasteiger partial charge in [-0.25, -0.2) is 0 Å². The predicted molar refractivity (Wildman–Crippen MR) is 107 cm³/mol. The number of anilines is 2. The molecule has 2 aliphatic rings. The lowest BCUT2D eigenvalue weighted by atomic mass is 10.1. The second-order valence-electron chi connectivity index (χ2n) is 7.09. The van der Waals surface area contributed by atoms with Crippen LogP contribution in [0.2, 0.25) is 0 Å². The Kier molecular flexibility index (Phi) is 4.35. The number of nitrogens with zero attached hydrogens (tertiary/aromatic N) is 1. The molecule has 0 atom stereocenters. The van der Waals surface area contributed by atoms with E-state index < -0.39 is 0 Å². The molecule has 2 saturated carbocycles. The van der Waals surface area contributed by atoms with Gasteiger partial charge in [-0.15, -0.1) is 24.8 Å². The number of hydrogen-bond acceptors (Lipinski definition) is 2. The number of benzene rings is 2. The smallest absolute Gasteiger partial charge is 0.0514 e. The fraction of sp³-hybridized carbons (Fsp3) is 0.368. The molecule has 4 N–H and O–H groups in total. The summed E-state index contributed by atoms with van der Waals surface area (Å²) in [6.07, 6.45) is 5.47. The SMILES string of the molecule is Cl.Cl.Nc1ccc2c3ccc(N)cc3n(C(C3CC3)C3CC3)c2c1. The van der Waals surface area contributed by atoms with Gasteiger partial charge in [-0.3, -0.25) is 0 Å².